The zero-order chi connectivity index (χ0) is 21.1. The molecular weight excluding hydrogens is 376 g/mol. The van der Waals surface area contributed by atoms with Crippen LogP contribution in [0.5, 0.6) is 0 Å². The molecule has 0 fully saturated rings. The normalized spacial score (nSPS) is 10.5. The molecule has 0 aliphatic heterocycles. The predicted molar refractivity (Wildman–Crippen MR) is 122 cm³/mol. The fourth-order valence-electron chi connectivity index (χ4n) is 3.34. The van der Waals surface area contributed by atoms with E-state index in [0.29, 0.717) is 39.3 Å². The molecule has 2 amide bonds. The zero-order valence-electron chi connectivity index (χ0n) is 16.1. The van der Waals surface area contributed by atoms with Gasteiger partial charge in [0, 0.05) is 16.8 Å². The molecular formula is C24H20N4O2. The Kier molecular flexibility index (Phi) is 5.05. The van der Waals surface area contributed by atoms with Crippen molar-refractivity contribution in [2.45, 2.75) is 0 Å². The zero-order valence-corrected chi connectivity index (χ0v) is 16.1. The molecule has 30 heavy (non-hydrogen) atoms. The Morgan fingerprint density at radius 3 is 1.43 bits per heavy atom. The van der Waals surface area contributed by atoms with E-state index < -0.39 is 0 Å². The Balaban J connectivity index is 1.72. The highest BCUT2D eigenvalue weighted by atomic mass is 16.2. The quantitative estimate of drug-likeness (QED) is 0.380. The molecule has 0 saturated carbocycles. The molecule has 6 N–H and O–H groups in total. The van der Waals surface area contributed by atoms with Gasteiger partial charge in [0.25, 0.3) is 11.8 Å². The SMILES string of the molecule is Nc1ccccc1C(=O)Nc1cccc2cccc(NC(=O)c3ccccc3N)c12. The molecule has 0 aromatic heterocycles. The van der Waals surface area contributed by atoms with Crippen LogP contribution in [-0.4, -0.2) is 11.8 Å². The van der Waals surface area contributed by atoms with Gasteiger partial charge < -0.3 is 22.1 Å². The maximum absolute atomic E-state index is 12.8. The molecule has 0 bridgehead atoms. The molecule has 0 spiro atoms. The summed E-state index contributed by atoms with van der Waals surface area (Å²) in [4.78, 5) is 25.6. The van der Waals surface area contributed by atoms with E-state index in [2.05, 4.69) is 10.6 Å². The highest BCUT2D eigenvalue weighted by molar-refractivity contribution is 6.17. The highest BCUT2D eigenvalue weighted by Gasteiger charge is 2.15. The largest absolute Gasteiger partial charge is 0.398 e. The number of nitrogens with two attached hydrogens (primary N) is 2. The van der Waals surface area contributed by atoms with Crippen LogP contribution in [0, 0.1) is 0 Å². The summed E-state index contributed by atoms with van der Waals surface area (Å²) >= 11 is 0. The Hall–Kier alpha value is -4.32. The van der Waals surface area contributed by atoms with Crippen LogP contribution in [0.15, 0.2) is 84.9 Å². The number of carbonyl (C=O) groups is 2. The first-order valence-electron chi connectivity index (χ1n) is 9.38. The average Bonchev–Trinajstić information content (AvgIpc) is 2.74. The Morgan fingerprint density at radius 2 is 1.00 bits per heavy atom. The topological polar surface area (TPSA) is 110 Å². The van der Waals surface area contributed by atoms with E-state index >= 15 is 0 Å². The van der Waals surface area contributed by atoms with Gasteiger partial charge in [-0.3, -0.25) is 9.59 Å². The number of amides is 2. The third kappa shape index (κ3) is 3.66. The van der Waals surface area contributed by atoms with Crippen molar-refractivity contribution in [2.75, 3.05) is 22.1 Å². The molecule has 4 aromatic rings. The lowest BCUT2D eigenvalue weighted by molar-refractivity contribution is 0.102. The lowest BCUT2D eigenvalue weighted by Gasteiger charge is -2.15. The average molecular weight is 396 g/mol. The second kappa shape index (κ2) is 7.97. The minimum absolute atomic E-state index is 0.325. The van der Waals surface area contributed by atoms with Crippen molar-refractivity contribution in [2.24, 2.45) is 0 Å². The van der Waals surface area contributed by atoms with Crippen LogP contribution in [0.3, 0.4) is 0 Å². The van der Waals surface area contributed by atoms with Crippen molar-refractivity contribution in [1.29, 1.82) is 0 Å². The van der Waals surface area contributed by atoms with Crippen LogP contribution >= 0.6 is 0 Å². The summed E-state index contributed by atoms with van der Waals surface area (Å²) in [6.07, 6.45) is 0. The standard InChI is InChI=1S/C24H20N4O2/c25-18-11-3-1-9-16(18)23(29)27-20-13-5-7-15-8-6-14-21(22(15)20)28-24(30)17-10-2-4-12-19(17)26/h1-14H,25-26H2,(H,27,29)(H,28,30). The number of nitrogen functional groups attached to an aromatic ring is 2. The van der Waals surface area contributed by atoms with Crippen molar-refractivity contribution in [3.05, 3.63) is 96.1 Å². The third-order valence-electron chi connectivity index (χ3n) is 4.81. The number of anilines is 4. The monoisotopic (exact) mass is 396 g/mol. The van der Waals surface area contributed by atoms with Gasteiger partial charge in [-0.1, -0.05) is 48.5 Å². The molecule has 6 heteroatoms. The van der Waals surface area contributed by atoms with Crippen LogP contribution in [0.2, 0.25) is 0 Å². The Labute approximate surface area is 173 Å². The smallest absolute Gasteiger partial charge is 0.257 e. The van der Waals surface area contributed by atoms with Gasteiger partial charge in [-0.25, -0.2) is 0 Å². The Morgan fingerprint density at radius 1 is 0.567 bits per heavy atom. The van der Waals surface area contributed by atoms with Gasteiger partial charge in [0.1, 0.15) is 0 Å². The van der Waals surface area contributed by atoms with Gasteiger partial charge in [-0.2, -0.15) is 0 Å². The van der Waals surface area contributed by atoms with E-state index in [-0.39, 0.29) is 11.8 Å². The second-order valence-corrected chi connectivity index (χ2v) is 6.79. The maximum Gasteiger partial charge on any atom is 0.257 e. The summed E-state index contributed by atoms with van der Waals surface area (Å²) in [7, 11) is 0. The van der Waals surface area contributed by atoms with Crippen molar-refractivity contribution >= 4 is 45.3 Å². The van der Waals surface area contributed by atoms with Gasteiger partial charge in [-0.05, 0) is 41.8 Å². The fourth-order valence-corrected chi connectivity index (χ4v) is 3.34. The van der Waals surface area contributed by atoms with Crippen LogP contribution in [0.4, 0.5) is 22.7 Å². The van der Waals surface area contributed by atoms with E-state index in [4.69, 9.17) is 11.5 Å². The van der Waals surface area contributed by atoms with E-state index in [9.17, 15) is 9.59 Å². The molecule has 4 rings (SSSR count). The van der Waals surface area contributed by atoms with Crippen LogP contribution in [0.1, 0.15) is 20.7 Å². The summed E-state index contributed by atoms with van der Waals surface area (Å²) < 4.78 is 0. The lowest BCUT2D eigenvalue weighted by atomic mass is 10.1. The molecule has 0 aliphatic carbocycles. The molecule has 6 nitrogen and oxygen atoms in total. The number of hydrogen-bond donors (Lipinski definition) is 4. The van der Waals surface area contributed by atoms with Gasteiger partial charge in [0.05, 0.1) is 22.5 Å². The van der Waals surface area contributed by atoms with E-state index in [0.717, 1.165) is 5.39 Å². The van der Waals surface area contributed by atoms with Crippen molar-refractivity contribution in [3.63, 3.8) is 0 Å². The van der Waals surface area contributed by atoms with Crippen molar-refractivity contribution in [1.82, 2.24) is 0 Å². The fraction of sp³-hybridized carbons (Fsp3) is 0. The first-order valence-corrected chi connectivity index (χ1v) is 9.38. The molecule has 4 aromatic carbocycles. The minimum atomic E-state index is -0.325. The molecule has 0 saturated heterocycles. The molecule has 0 unspecified atom stereocenters. The van der Waals surface area contributed by atoms with Gasteiger partial charge in [-0.15, -0.1) is 0 Å². The van der Waals surface area contributed by atoms with Crippen molar-refractivity contribution < 1.29 is 9.59 Å². The lowest BCUT2D eigenvalue weighted by Crippen LogP contribution is -2.16. The summed E-state index contributed by atoms with van der Waals surface area (Å²) in [6.45, 7) is 0. The van der Waals surface area contributed by atoms with E-state index in [1.807, 2.05) is 24.3 Å². The Bertz CT molecular complexity index is 1170. The van der Waals surface area contributed by atoms with Crippen molar-refractivity contribution in [3.8, 4) is 0 Å². The van der Waals surface area contributed by atoms with Gasteiger partial charge in [0.2, 0.25) is 0 Å². The number of nitrogens with one attached hydrogen (secondary N) is 2. The second-order valence-electron chi connectivity index (χ2n) is 6.79. The molecule has 0 radical (unpaired) electrons. The number of rotatable bonds is 4. The number of hydrogen-bond acceptors (Lipinski definition) is 4. The first-order chi connectivity index (χ1) is 14.5. The molecule has 0 heterocycles. The summed E-state index contributed by atoms with van der Waals surface area (Å²) in [5.41, 5.74) is 14.5. The number of carbonyl (C=O) groups excluding carboxylic acids is 2. The first kappa shape index (κ1) is 19.0. The predicted octanol–water partition coefficient (Wildman–Crippen LogP) is 4.51. The minimum Gasteiger partial charge on any atom is -0.398 e. The van der Waals surface area contributed by atoms with Gasteiger partial charge in [0.15, 0.2) is 0 Å². The van der Waals surface area contributed by atoms with Crippen LogP contribution in [-0.2, 0) is 0 Å². The molecule has 0 atom stereocenters. The number of para-hydroxylation sites is 2. The van der Waals surface area contributed by atoms with Crippen LogP contribution in [0.25, 0.3) is 10.8 Å². The van der Waals surface area contributed by atoms with E-state index in [1.165, 1.54) is 0 Å². The highest BCUT2D eigenvalue weighted by Crippen LogP contribution is 2.32. The summed E-state index contributed by atoms with van der Waals surface area (Å²) in [5.74, 6) is -0.650. The van der Waals surface area contributed by atoms with Gasteiger partial charge >= 0.3 is 0 Å². The van der Waals surface area contributed by atoms with Crippen LogP contribution < -0.4 is 22.1 Å². The summed E-state index contributed by atoms with van der Waals surface area (Å²) in [6, 6.07) is 24.8. The van der Waals surface area contributed by atoms with E-state index in [1.54, 1.807) is 60.7 Å². The maximum atomic E-state index is 12.8. The molecule has 0 aliphatic rings. The third-order valence-corrected chi connectivity index (χ3v) is 4.81. The number of benzene rings is 4. The number of fused-ring (bicyclic) bond motifs is 1. The summed E-state index contributed by atoms with van der Waals surface area (Å²) in [5, 5.41) is 7.41. The molecule has 148 valence electrons.